The molecule has 2 aromatic carbocycles. The minimum atomic E-state index is -0.285. The second-order valence-electron chi connectivity index (χ2n) is 8.07. The highest BCUT2D eigenvalue weighted by Crippen LogP contribution is 2.34. The van der Waals surface area contributed by atoms with Crippen molar-refractivity contribution in [3.05, 3.63) is 65.6 Å². The van der Waals surface area contributed by atoms with Gasteiger partial charge < -0.3 is 19.7 Å². The number of carbonyl (C=O) groups is 1. The number of aromatic nitrogens is 3. The highest BCUT2D eigenvalue weighted by molar-refractivity contribution is 6.06. The quantitative estimate of drug-likeness (QED) is 0.484. The third kappa shape index (κ3) is 3.76. The van der Waals surface area contributed by atoms with Gasteiger partial charge in [-0.25, -0.2) is 9.07 Å². The molecule has 0 saturated carbocycles. The molecule has 3 heterocycles. The van der Waals surface area contributed by atoms with E-state index in [9.17, 15) is 9.18 Å². The Hall–Kier alpha value is -3.23. The predicted octanol–water partition coefficient (Wildman–Crippen LogP) is 3.60. The van der Waals surface area contributed by atoms with Crippen LogP contribution in [-0.4, -0.2) is 45.1 Å². The van der Waals surface area contributed by atoms with Crippen molar-refractivity contribution in [2.24, 2.45) is 0 Å². The lowest BCUT2D eigenvalue weighted by atomic mass is 10.1. The molecule has 7 nitrogen and oxygen atoms in total. The first-order chi connectivity index (χ1) is 15.7. The summed E-state index contributed by atoms with van der Waals surface area (Å²) in [6.07, 6.45) is 4.70. The van der Waals surface area contributed by atoms with Crippen molar-refractivity contribution in [2.45, 2.75) is 32.0 Å². The number of amides is 1. The number of fused-ring (bicyclic) bond motifs is 3. The van der Waals surface area contributed by atoms with Crippen LogP contribution >= 0.6 is 0 Å². The van der Waals surface area contributed by atoms with Crippen molar-refractivity contribution >= 4 is 27.8 Å². The summed E-state index contributed by atoms with van der Waals surface area (Å²) >= 11 is 0. The van der Waals surface area contributed by atoms with Gasteiger partial charge in [-0.05, 0) is 55.2 Å². The maximum absolute atomic E-state index is 14.2. The Labute approximate surface area is 184 Å². The van der Waals surface area contributed by atoms with Crippen LogP contribution in [0, 0.1) is 5.82 Å². The molecule has 2 aromatic heterocycles. The van der Waals surface area contributed by atoms with Gasteiger partial charge in [-0.2, -0.15) is 5.10 Å². The zero-order valence-corrected chi connectivity index (χ0v) is 17.6. The van der Waals surface area contributed by atoms with Crippen molar-refractivity contribution < 1.29 is 19.0 Å². The van der Waals surface area contributed by atoms with Crippen LogP contribution in [0.15, 0.2) is 48.7 Å². The van der Waals surface area contributed by atoms with E-state index in [1.54, 1.807) is 24.3 Å². The van der Waals surface area contributed by atoms with Crippen LogP contribution in [0.4, 0.5) is 4.39 Å². The first kappa shape index (κ1) is 20.7. The van der Waals surface area contributed by atoms with Gasteiger partial charge in [-0.15, -0.1) is 0 Å². The lowest BCUT2D eigenvalue weighted by molar-refractivity contribution is -0.0365. The Kier molecular flexibility index (Phi) is 5.63. The zero-order valence-electron chi connectivity index (χ0n) is 17.6. The van der Waals surface area contributed by atoms with Crippen LogP contribution in [0.3, 0.4) is 0 Å². The first-order valence-electron chi connectivity index (χ1n) is 10.9. The summed E-state index contributed by atoms with van der Waals surface area (Å²) in [6, 6.07) is 12.2. The van der Waals surface area contributed by atoms with E-state index < -0.39 is 0 Å². The zero-order chi connectivity index (χ0) is 22.1. The average molecular weight is 436 g/mol. The van der Waals surface area contributed by atoms with E-state index in [0.29, 0.717) is 18.7 Å². The van der Waals surface area contributed by atoms with Crippen LogP contribution in [0.25, 0.3) is 21.9 Å². The van der Waals surface area contributed by atoms with Crippen molar-refractivity contribution in [1.82, 2.24) is 19.7 Å². The minimum Gasteiger partial charge on any atom is -0.395 e. The lowest BCUT2D eigenvalue weighted by Gasteiger charge is -2.23. The normalized spacial score (nSPS) is 16.6. The van der Waals surface area contributed by atoms with Gasteiger partial charge in [-0.1, -0.05) is 12.1 Å². The van der Waals surface area contributed by atoms with E-state index >= 15 is 0 Å². The number of benzene rings is 2. The molecule has 1 aliphatic heterocycles. The number of hydrogen-bond acceptors (Lipinski definition) is 4. The van der Waals surface area contributed by atoms with Crippen molar-refractivity contribution in [2.75, 3.05) is 19.8 Å². The van der Waals surface area contributed by atoms with Gasteiger partial charge in [0.2, 0.25) is 0 Å². The van der Waals surface area contributed by atoms with Crippen LogP contribution in [0.5, 0.6) is 0 Å². The molecular weight excluding hydrogens is 411 g/mol. The molecule has 32 heavy (non-hydrogen) atoms. The highest BCUT2D eigenvalue weighted by Gasteiger charge is 2.23. The summed E-state index contributed by atoms with van der Waals surface area (Å²) in [4.78, 5) is 12.1. The third-order valence-electron chi connectivity index (χ3n) is 5.95. The predicted molar refractivity (Wildman–Crippen MR) is 119 cm³/mol. The van der Waals surface area contributed by atoms with Crippen LogP contribution < -0.4 is 5.32 Å². The molecule has 1 atom stereocenters. The largest absolute Gasteiger partial charge is 0.395 e. The van der Waals surface area contributed by atoms with E-state index in [1.807, 2.05) is 23.0 Å². The summed E-state index contributed by atoms with van der Waals surface area (Å²) < 4.78 is 24.1. The lowest BCUT2D eigenvalue weighted by Crippen LogP contribution is -2.26. The third-order valence-corrected chi connectivity index (χ3v) is 5.95. The second-order valence-corrected chi connectivity index (χ2v) is 8.07. The van der Waals surface area contributed by atoms with E-state index in [2.05, 4.69) is 15.0 Å². The van der Waals surface area contributed by atoms with E-state index in [1.165, 1.54) is 6.07 Å². The SMILES string of the molecule is O=C(NCCO)c1ccc(Cn2c3ccc(F)cc3c3c2cnn3C2CCCCO2)cc1. The Bertz CT molecular complexity index is 1260. The average Bonchev–Trinajstić information content (AvgIpc) is 3.38. The van der Waals surface area contributed by atoms with Crippen LogP contribution in [0.1, 0.15) is 41.4 Å². The second kappa shape index (κ2) is 8.72. The summed E-state index contributed by atoms with van der Waals surface area (Å²) in [5.74, 6) is -0.504. The van der Waals surface area contributed by atoms with Crippen LogP contribution in [-0.2, 0) is 11.3 Å². The summed E-state index contributed by atoms with van der Waals surface area (Å²) in [5.41, 5.74) is 4.27. The molecule has 166 valence electrons. The molecule has 1 aliphatic rings. The monoisotopic (exact) mass is 436 g/mol. The fraction of sp³-hybridized carbons (Fsp3) is 0.333. The minimum absolute atomic E-state index is 0.0965. The van der Waals surface area contributed by atoms with Gasteiger partial charge in [0.05, 0.1) is 29.4 Å². The standard InChI is InChI=1S/C24H25FN4O3/c25-18-8-9-20-19(13-18)23-21(14-27-29(23)22-3-1-2-12-32-22)28(20)15-16-4-6-17(7-5-16)24(31)26-10-11-30/h4-9,13-14,22,30H,1-3,10-12,15H2,(H,26,31). The van der Waals surface area contributed by atoms with Crippen molar-refractivity contribution in [3.8, 4) is 0 Å². The fourth-order valence-corrected chi connectivity index (χ4v) is 4.40. The van der Waals surface area contributed by atoms with E-state index in [0.717, 1.165) is 46.8 Å². The Morgan fingerprint density at radius 2 is 2.03 bits per heavy atom. The number of hydrogen-bond donors (Lipinski definition) is 2. The molecule has 1 saturated heterocycles. The number of nitrogens with one attached hydrogen (secondary N) is 1. The number of ether oxygens (including phenoxy) is 1. The number of carbonyl (C=O) groups excluding carboxylic acids is 1. The molecule has 8 heteroatoms. The molecular formula is C24H25FN4O3. The van der Waals surface area contributed by atoms with E-state index in [-0.39, 0.29) is 31.1 Å². The Morgan fingerprint density at radius 1 is 1.19 bits per heavy atom. The molecule has 0 radical (unpaired) electrons. The number of nitrogens with zero attached hydrogens (tertiary/aromatic N) is 3. The Balaban J connectivity index is 1.52. The summed E-state index contributed by atoms with van der Waals surface area (Å²) in [6.45, 7) is 1.39. The van der Waals surface area contributed by atoms with Gasteiger partial charge in [0.15, 0.2) is 6.23 Å². The molecule has 1 unspecified atom stereocenters. The molecule has 0 spiro atoms. The molecule has 1 amide bonds. The molecule has 1 fully saturated rings. The summed E-state index contributed by atoms with van der Waals surface area (Å²) in [5, 5.41) is 16.9. The highest BCUT2D eigenvalue weighted by atomic mass is 19.1. The molecule has 0 bridgehead atoms. The van der Waals surface area contributed by atoms with Gasteiger partial charge in [0.25, 0.3) is 5.91 Å². The fourth-order valence-electron chi connectivity index (χ4n) is 4.40. The number of aliphatic hydroxyl groups is 1. The number of rotatable bonds is 6. The maximum atomic E-state index is 14.2. The molecule has 2 N–H and O–H groups in total. The van der Waals surface area contributed by atoms with Gasteiger partial charge in [0, 0.05) is 30.6 Å². The van der Waals surface area contributed by atoms with E-state index in [4.69, 9.17) is 9.84 Å². The maximum Gasteiger partial charge on any atom is 0.251 e. The van der Waals surface area contributed by atoms with Crippen LogP contribution in [0.2, 0.25) is 0 Å². The van der Waals surface area contributed by atoms with Gasteiger partial charge in [0.1, 0.15) is 5.82 Å². The first-order valence-corrected chi connectivity index (χ1v) is 10.9. The molecule has 4 aromatic rings. The van der Waals surface area contributed by atoms with Crippen molar-refractivity contribution in [3.63, 3.8) is 0 Å². The summed E-state index contributed by atoms with van der Waals surface area (Å²) in [7, 11) is 0. The smallest absolute Gasteiger partial charge is 0.251 e. The number of halogens is 1. The van der Waals surface area contributed by atoms with Gasteiger partial charge in [-0.3, -0.25) is 4.79 Å². The molecule has 5 rings (SSSR count). The molecule has 0 aliphatic carbocycles. The Morgan fingerprint density at radius 3 is 2.78 bits per heavy atom. The van der Waals surface area contributed by atoms with Crippen molar-refractivity contribution in [1.29, 1.82) is 0 Å². The topological polar surface area (TPSA) is 81.3 Å². The van der Waals surface area contributed by atoms with Gasteiger partial charge >= 0.3 is 0 Å². The number of aliphatic hydroxyl groups excluding tert-OH is 1.